The molecule has 0 amide bonds. The Labute approximate surface area is 119 Å². The summed E-state index contributed by atoms with van der Waals surface area (Å²) in [6.45, 7) is 12.5. The molecule has 1 heterocycles. The van der Waals surface area contributed by atoms with Crippen LogP contribution in [0.3, 0.4) is 0 Å². The molecule has 0 aromatic carbocycles. The zero-order valence-corrected chi connectivity index (χ0v) is 13.5. The van der Waals surface area contributed by atoms with Gasteiger partial charge in [-0.2, -0.15) is 0 Å². The molecule has 1 aliphatic rings. The quantitative estimate of drug-likeness (QED) is 0.659. The second-order valence-electron chi connectivity index (χ2n) is 6.68. The molecule has 0 aliphatic carbocycles. The molecule has 0 unspecified atom stereocenters. The van der Waals surface area contributed by atoms with E-state index in [1.54, 1.807) is 0 Å². The average molecular weight is 267 g/mol. The lowest BCUT2D eigenvalue weighted by atomic mass is 9.86. The van der Waals surface area contributed by atoms with Crippen molar-refractivity contribution < 1.29 is 4.79 Å². The van der Waals surface area contributed by atoms with Gasteiger partial charge in [0.15, 0.2) is 0 Å². The lowest BCUT2D eigenvalue weighted by Crippen LogP contribution is -2.36. The molecule has 1 rings (SSSR count). The Bertz CT molecular complexity index is 254. The third kappa shape index (κ3) is 6.07. The molecule has 0 radical (unpaired) electrons. The van der Waals surface area contributed by atoms with Gasteiger partial charge in [0.1, 0.15) is 5.78 Å². The number of rotatable bonds is 8. The van der Waals surface area contributed by atoms with Crippen LogP contribution in [0.1, 0.15) is 66.2 Å². The predicted molar refractivity (Wildman–Crippen MR) is 82.3 cm³/mol. The Balaban J connectivity index is 2.12. The van der Waals surface area contributed by atoms with E-state index in [0.717, 1.165) is 44.1 Å². The molecule has 0 aromatic rings. The number of carbonyl (C=O) groups excluding carboxylic acids is 1. The Morgan fingerprint density at radius 3 is 2.37 bits per heavy atom. The molecule has 2 heteroatoms. The number of hydrogen-bond donors (Lipinski definition) is 0. The van der Waals surface area contributed by atoms with E-state index in [1.165, 1.54) is 25.9 Å². The Morgan fingerprint density at radius 1 is 1.21 bits per heavy atom. The number of carbonyl (C=O) groups is 1. The molecular formula is C17H33NO. The molecule has 1 aliphatic heterocycles. The van der Waals surface area contributed by atoms with Gasteiger partial charge in [0.05, 0.1) is 0 Å². The van der Waals surface area contributed by atoms with Crippen LogP contribution in [0.5, 0.6) is 0 Å². The zero-order valence-electron chi connectivity index (χ0n) is 13.5. The second kappa shape index (κ2) is 8.73. The summed E-state index contributed by atoms with van der Waals surface area (Å²) in [7, 11) is 0. The van der Waals surface area contributed by atoms with Gasteiger partial charge in [-0.15, -0.1) is 0 Å². The van der Waals surface area contributed by atoms with Gasteiger partial charge in [-0.1, -0.05) is 34.1 Å². The van der Waals surface area contributed by atoms with Gasteiger partial charge < -0.3 is 4.90 Å². The number of hydrogen-bond acceptors (Lipinski definition) is 2. The molecule has 0 aromatic heterocycles. The highest BCUT2D eigenvalue weighted by molar-refractivity contribution is 5.80. The summed E-state index contributed by atoms with van der Waals surface area (Å²) in [5, 5.41) is 0. The minimum absolute atomic E-state index is 0.275. The summed E-state index contributed by atoms with van der Waals surface area (Å²) < 4.78 is 0. The van der Waals surface area contributed by atoms with Crippen LogP contribution in [0.4, 0.5) is 0 Å². The molecule has 1 atom stereocenters. The van der Waals surface area contributed by atoms with Crippen LogP contribution in [0.15, 0.2) is 0 Å². The smallest absolute Gasteiger partial charge is 0.135 e. The first-order chi connectivity index (χ1) is 9.04. The van der Waals surface area contributed by atoms with Crippen molar-refractivity contribution >= 4 is 5.78 Å². The van der Waals surface area contributed by atoms with E-state index < -0.39 is 0 Å². The fraction of sp³-hybridized carbons (Fsp3) is 0.941. The molecule has 0 spiro atoms. The first kappa shape index (κ1) is 16.7. The first-order valence-corrected chi connectivity index (χ1v) is 8.29. The fourth-order valence-corrected chi connectivity index (χ4v) is 3.16. The maximum absolute atomic E-state index is 11.9. The summed E-state index contributed by atoms with van der Waals surface area (Å²) >= 11 is 0. The van der Waals surface area contributed by atoms with E-state index >= 15 is 0 Å². The molecule has 112 valence electrons. The third-order valence-corrected chi connectivity index (χ3v) is 4.74. The molecule has 19 heavy (non-hydrogen) atoms. The van der Waals surface area contributed by atoms with E-state index in [1.807, 2.05) is 0 Å². The van der Waals surface area contributed by atoms with Crippen molar-refractivity contribution in [3.8, 4) is 0 Å². The highest BCUT2D eigenvalue weighted by Gasteiger charge is 2.21. The van der Waals surface area contributed by atoms with E-state index in [0.29, 0.717) is 5.78 Å². The number of ketones is 1. The van der Waals surface area contributed by atoms with Gasteiger partial charge in [0.25, 0.3) is 0 Å². The van der Waals surface area contributed by atoms with Crippen molar-refractivity contribution in [1.29, 1.82) is 0 Å². The number of piperidine rings is 1. The van der Waals surface area contributed by atoms with Crippen LogP contribution in [-0.2, 0) is 4.79 Å². The Morgan fingerprint density at radius 2 is 1.84 bits per heavy atom. The second-order valence-corrected chi connectivity index (χ2v) is 6.68. The van der Waals surface area contributed by atoms with Gasteiger partial charge in [-0.3, -0.25) is 4.79 Å². The third-order valence-electron chi connectivity index (χ3n) is 4.74. The van der Waals surface area contributed by atoms with Gasteiger partial charge >= 0.3 is 0 Å². The van der Waals surface area contributed by atoms with Crippen LogP contribution in [0, 0.1) is 17.8 Å². The van der Waals surface area contributed by atoms with Crippen LogP contribution >= 0.6 is 0 Å². The van der Waals surface area contributed by atoms with Crippen LogP contribution in [0.2, 0.25) is 0 Å². The molecule has 2 nitrogen and oxygen atoms in total. The predicted octanol–water partition coefficient (Wildman–Crippen LogP) is 4.14. The largest absolute Gasteiger partial charge is 0.303 e. The Hall–Kier alpha value is -0.370. The summed E-state index contributed by atoms with van der Waals surface area (Å²) in [6.07, 6.45) is 6.70. The molecule has 1 saturated heterocycles. The lowest BCUT2D eigenvalue weighted by molar-refractivity contribution is -0.122. The van der Waals surface area contributed by atoms with Gasteiger partial charge in [0.2, 0.25) is 0 Å². The van der Waals surface area contributed by atoms with Gasteiger partial charge in [0, 0.05) is 12.3 Å². The van der Waals surface area contributed by atoms with Gasteiger partial charge in [-0.05, 0) is 57.2 Å². The summed E-state index contributed by atoms with van der Waals surface area (Å²) in [4.78, 5) is 14.4. The molecule has 0 bridgehead atoms. The van der Waals surface area contributed by atoms with Crippen LogP contribution in [0.25, 0.3) is 0 Å². The highest BCUT2D eigenvalue weighted by atomic mass is 16.1. The SMILES string of the molecule is CCC[C@@H](C)C(=O)CCCN1CCC(C(C)C)CC1. The standard InChI is InChI=1S/C17H33NO/c1-5-7-15(4)17(19)8-6-11-18-12-9-16(10-13-18)14(2)3/h14-16H,5-13H2,1-4H3/t15-/m1/s1. The van der Waals surface area contributed by atoms with E-state index in [2.05, 4.69) is 32.6 Å². The Kier molecular flexibility index (Phi) is 7.67. The normalized spacial score (nSPS) is 19.8. The lowest BCUT2D eigenvalue weighted by Gasteiger charge is -2.33. The summed E-state index contributed by atoms with van der Waals surface area (Å²) in [5.74, 6) is 2.50. The van der Waals surface area contributed by atoms with Gasteiger partial charge in [-0.25, -0.2) is 0 Å². The molecule has 0 N–H and O–H groups in total. The maximum Gasteiger partial charge on any atom is 0.135 e. The monoisotopic (exact) mass is 267 g/mol. The number of Topliss-reactive ketones (excluding diaryl/α,β-unsaturated/α-hetero) is 1. The molecule has 1 fully saturated rings. The average Bonchev–Trinajstić information content (AvgIpc) is 2.39. The fourth-order valence-electron chi connectivity index (χ4n) is 3.16. The maximum atomic E-state index is 11.9. The van der Waals surface area contributed by atoms with Crippen molar-refractivity contribution in [3.05, 3.63) is 0 Å². The minimum atomic E-state index is 0.275. The topological polar surface area (TPSA) is 20.3 Å². The first-order valence-electron chi connectivity index (χ1n) is 8.29. The van der Waals surface area contributed by atoms with Crippen LogP contribution < -0.4 is 0 Å². The van der Waals surface area contributed by atoms with E-state index in [-0.39, 0.29) is 5.92 Å². The van der Waals surface area contributed by atoms with Crippen molar-refractivity contribution in [3.63, 3.8) is 0 Å². The van der Waals surface area contributed by atoms with E-state index in [9.17, 15) is 4.79 Å². The zero-order chi connectivity index (χ0) is 14.3. The van der Waals surface area contributed by atoms with E-state index in [4.69, 9.17) is 0 Å². The minimum Gasteiger partial charge on any atom is -0.303 e. The van der Waals surface area contributed by atoms with Crippen molar-refractivity contribution in [1.82, 2.24) is 4.90 Å². The van der Waals surface area contributed by atoms with Crippen molar-refractivity contribution in [2.75, 3.05) is 19.6 Å². The number of nitrogens with zero attached hydrogens (tertiary/aromatic N) is 1. The molecular weight excluding hydrogens is 234 g/mol. The highest BCUT2D eigenvalue weighted by Crippen LogP contribution is 2.24. The summed E-state index contributed by atoms with van der Waals surface area (Å²) in [6, 6.07) is 0. The van der Waals surface area contributed by atoms with Crippen LogP contribution in [-0.4, -0.2) is 30.3 Å². The summed E-state index contributed by atoms with van der Waals surface area (Å²) in [5.41, 5.74) is 0. The molecule has 0 saturated carbocycles. The number of likely N-dealkylation sites (tertiary alicyclic amines) is 1. The van der Waals surface area contributed by atoms with Crippen molar-refractivity contribution in [2.45, 2.75) is 66.2 Å². The van der Waals surface area contributed by atoms with Crippen molar-refractivity contribution in [2.24, 2.45) is 17.8 Å².